The van der Waals surface area contributed by atoms with Gasteiger partial charge in [-0.2, -0.15) is 0 Å². The Balaban J connectivity index is 2.91. The van der Waals surface area contributed by atoms with Gasteiger partial charge in [-0.05, 0) is 12.0 Å². The first kappa shape index (κ1) is 14.0. The zero-order valence-electron chi connectivity index (χ0n) is 9.92. The van der Waals surface area contributed by atoms with Crippen LogP contribution in [0.3, 0.4) is 0 Å². The highest BCUT2D eigenvalue weighted by Gasteiger charge is 2.20. The first-order valence-electron chi connectivity index (χ1n) is 5.32. The maximum absolute atomic E-state index is 11.0. The van der Waals surface area contributed by atoms with Gasteiger partial charge in [0.2, 0.25) is 0 Å². The summed E-state index contributed by atoms with van der Waals surface area (Å²) in [6, 6.07) is 4.70. The Labute approximate surface area is 104 Å². The van der Waals surface area contributed by atoms with Gasteiger partial charge in [0.05, 0.1) is 7.11 Å². The molecule has 0 aromatic heterocycles. The minimum absolute atomic E-state index is 0.130. The number of aliphatic carboxylic acids is 1. The van der Waals surface area contributed by atoms with Gasteiger partial charge in [0, 0.05) is 17.7 Å². The number of aliphatic hydroxyl groups excluding tert-OH is 1. The van der Waals surface area contributed by atoms with Crippen LogP contribution in [0.4, 0.5) is 5.69 Å². The summed E-state index contributed by atoms with van der Waals surface area (Å²) in [6.07, 6.45) is -1.19. The van der Waals surface area contributed by atoms with E-state index in [2.05, 4.69) is 4.74 Å². The van der Waals surface area contributed by atoms with Crippen LogP contribution < -0.4 is 5.73 Å². The van der Waals surface area contributed by atoms with E-state index >= 15 is 0 Å². The molecule has 18 heavy (non-hydrogen) atoms. The Morgan fingerprint density at radius 2 is 2.11 bits per heavy atom. The Morgan fingerprint density at radius 1 is 1.44 bits per heavy atom. The van der Waals surface area contributed by atoms with Crippen LogP contribution in [-0.4, -0.2) is 29.3 Å². The first-order valence-corrected chi connectivity index (χ1v) is 5.32. The molecule has 1 rings (SSSR count). The molecular weight excluding hydrogens is 238 g/mol. The fraction of sp³-hybridized carbons (Fsp3) is 0.333. The van der Waals surface area contributed by atoms with Crippen LogP contribution >= 0.6 is 0 Å². The summed E-state index contributed by atoms with van der Waals surface area (Å²) in [6.45, 7) is 0. The second-order valence-corrected chi connectivity index (χ2v) is 3.74. The molecule has 0 aliphatic carbocycles. The van der Waals surface area contributed by atoms with Crippen LogP contribution in [0, 0.1) is 0 Å². The quantitative estimate of drug-likeness (QED) is 0.520. The van der Waals surface area contributed by atoms with E-state index in [0.717, 1.165) is 0 Å². The Morgan fingerprint density at radius 3 is 2.67 bits per heavy atom. The number of carboxylic acids is 1. The Hall–Kier alpha value is -2.08. The number of rotatable bonds is 5. The summed E-state index contributed by atoms with van der Waals surface area (Å²) in [7, 11) is 1.29. The minimum atomic E-state index is -1.66. The van der Waals surface area contributed by atoms with E-state index in [-0.39, 0.29) is 23.6 Å². The van der Waals surface area contributed by atoms with E-state index in [1.807, 2.05) is 0 Å². The summed E-state index contributed by atoms with van der Waals surface area (Å²) in [4.78, 5) is 21.7. The Bertz CT molecular complexity index is 458. The van der Waals surface area contributed by atoms with E-state index < -0.39 is 12.1 Å². The van der Waals surface area contributed by atoms with Crippen molar-refractivity contribution in [3.05, 3.63) is 29.3 Å². The zero-order chi connectivity index (χ0) is 13.7. The normalized spacial score (nSPS) is 11.9. The fourth-order valence-corrected chi connectivity index (χ4v) is 1.56. The van der Waals surface area contributed by atoms with Gasteiger partial charge >= 0.3 is 11.9 Å². The summed E-state index contributed by atoms with van der Waals surface area (Å²) in [5.74, 6) is -1.74. The number of hydrogen-bond donors (Lipinski definition) is 3. The van der Waals surface area contributed by atoms with Crippen LogP contribution in [0.1, 0.15) is 23.7 Å². The molecule has 0 aliphatic heterocycles. The van der Waals surface area contributed by atoms with Crippen LogP contribution in [0.15, 0.2) is 18.2 Å². The third-order valence-electron chi connectivity index (χ3n) is 2.58. The summed E-state index contributed by atoms with van der Waals surface area (Å²) in [5, 5.41) is 18.2. The number of nitrogens with two attached hydrogens (primary N) is 1. The molecule has 0 bridgehead atoms. The molecule has 4 N–H and O–H groups in total. The number of aryl methyl sites for hydroxylation is 1. The van der Waals surface area contributed by atoms with Crippen molar-refractivity contribution in [2.75, 3.05) is 12.8 Å². The first-order chi connectivity index (χ1) is 8.47. The van der Waals surface area contributed by atoms with E-state index in [1.54, 1.807) is 12.1 Å². The van der Waals surface area contributed by atoms with Crippen molar-refractivity contribution >= 4 is 17.6 Å². The van der Waals surface area contributed by atoms with Gasteiger partial charge in [0.1, 0.15) is 0 Å². The van der Waals surface area contributed by atoms with E-state index in [4.69, 9.17) is 10.8 Å². The lowest BCUT2D eigenvalue weighted by atomic mass is 10.00. The van der Waals surface area contributed by atoms with Crippen molar-refractivity contribution in [3.63, 3.8) is 0 Å². The summed E-state index contributed by atoms with van der Waals surface area (Å²) < 4.78 is 4.50. The van der Waals surface area contributed by atoms with Crippen LogP contribution in [0.5, 0.6) is 0 Å². The largest absolute Gasteiger partial charge is 0.479 e. The molecule has 6 nitrogen and oxygen atoms in total. The van der Waals surface area contributed by atoms with Gasteiger partial charge in [0.25, 0.3) is 0 Å². The molecule has 0 fully saturated rings. The van der Waals surface area contributed by atoms with Crippen molar-refractivity contribution in [2.45, 2.75) is 18.9 Å². The third-order valence-corrected chi connectivity index (χ3v) is 2.58. The number of methoxy groups -OCH3 is 1. The average molecular weight is 253 g/mol. The molecule has 0 saturated heterocycles. The van der Waals surface area contributed by atoms with Crippen molar-refractivity contribution in [3.8, 4) is 0 Å². The lowest BCUT2D eigenvalue weighted by molar-refractivity contribution is -0.147. The smallest absolute Gasteiger partial charge is 0.337 e. The second kappa shape index (κ2) is 6.02. The number of benzene rings is 1. The molecule has 0 radical (unpaired) electrons. The SMILES string of the molecule is COC(=O)CCc1cccc(C(O)C(=O)O)c1N. The van der Waals surface area contributed by atoms with Gasteiger partial charge in [-0.3, -0.25) is 4.79 Å². The number of carbonyl (C=O) groups is 2. The molecule has 1 unspecified atom stereocenters. The average Bonchev–Trinajstić information content (AvgIpc) is 2.36. The van der Waals surface area contributed by atoms with E-state index in [9.17, 15) is 14.7 Å². The number of hydrogen-bond acceptors (Lipinski definition) is 5. The van der Waals surface area contributed by atoms with Gasteiger partial charge in [-0.25, -0.2) is 4.79 Å². The fourth-order valence-electron chi connectivity index (χ4n) is 1.56. The van der Waals surface area contributed by atoms with Crippen molar-refractivity contribution in [2.24, 2.45) is 0 Å². The molecule has 0 spiro atoms. The van der Waals surface area contributed by atoms with Crippen molar-refractivity contribution in [1.82, 2.24) is 0 Å². The molecule has 0 aliphatic rings. The molecule has 1 aromatic carbocycles. The second-order valence-electron chi connectivity index (χ2n) is 3.74. The van der Waals surface area contributed by atoms with Crippen LogP contribution in [-0.2, 0) is 20.7 Å². The van der Waals surface area contributed by atoms with Crippen molar-refractivity contribution in [1.29, 1.82) is 0 Å². The maximum Gasteiger partial charge on any atom is 0.337 e. The number of para-hydroxylation sites is 1. The molecule has 0 heterocycles. The molecule has 1 aromatic rings. The monoisotopic (exact) mass is 253 g/mol. The number of esters is 1. The molecule has 98 valence electrons. The topological polar surface area (TPSA) is 110 Å². The predicted molar refractivity (Wildman–Crippen MR) is 63.8 cm³/mol. The molecule has 0 amide bonds. The number of carbonyl (C=O) groups excluding carboxylic acids is 1. The minimum Gasteiger partial charge on any atom is -0.479 e. The van der Waals surface area contributed by atoms with E-state index in [1.165, 1.54) is 13.2 Å². The van der Waals surface area contributed by atoms with Gasteiger partial charge in [-0.1, -0.05) is 18.2 Å². The maximum atomic E-state index is 11.0. The number of aliphatic hydroxyl groups is 1. The number of ether oxygens (including phenoxy) is 1. The third kappa shape index (κ3) is 3.21. The lowest BCUT2D eigenvalue weighted by Crippen LogP contribution is -2.14. The van der Waals surface area contributed by atoms with Gasteiger partial charge in [-0.15, -0.1) is 0 Å². The molecule has 0 saturated carbocycles. The zero-order valence-corrected chi connectivity index (χ0v) is 9.92. The molecule has 6 heteroatoms. The summed E-state index contributed by atoms with van der Waals surface area (Å²) in [5.41, 5.74) is 6.70. The lowest BCUT2D eigenvalue weighted by Gasteiger charge is -2.12. The Kier molecular flexibility index (Phi) is 4.67. The van der Waals surface area contributed by atoms with Gasteiger partial charge in [0.15, 0.2) is 6.10 Å². The van der Waals surface area contributed by atoms with Crippen LogP contribution in [0.2, 0.25) is 0 Å². The number of nitrogen functional groups attached to an aromatic ring is 1. The standard InChI is InChI=1S/C12H15NO5/c1-18-9(14)6-5-7-3-2-4-8(10(7)13)11(15)12(16)17/h2-4,11,15H,5-6,13H2,1H3,(H,16,17). The summed E-state index contributed by atoms with van der Waals surface area (Å²) >= 11 is 0. The predicted octanol–water partition coefficient (Wildman–Crippen LogP) is 0.492. The van der Waals surface area contributed by atoms with Crippen LogP contribution in [0.25, 0.3) is 0 Å². The molecular formula is C12H15NO5. The molecule has 1 atom stereocenters. The highest BCUT2D eigenvalue weighted by molar-refractivity contribution is 5.77. The van der Waals surface area contributed by atoms with Crippen molar-refractivity contribution < 1.29 is 24.5 Å². The highest BCUT2D eigenvalue weighted by atomic mass is 16.5. The van der Waals surface area contributed by atoms with Gasteiger partial charge < -0.3 is 20.7 Å². The highest BCUT2D eigenvalue weighted by Crippen LogP contribution is 2.25. The number of anilines is 1. The van der Waals surface area contributed by atoms with E-state index in [0.29, 0.717) is 12.0 Å². The number of carboxylic acid groups (broad SMARTS) is 1.